The maximum Gasteiger partial charge on any atom is 0.420 e. The number of nitrogens with zero attached hydrogens (tertiary/aromatic N) is 2. The van der Waals surface area contributed by atoms with Crippen LogP contribution in [0.25, 0.3) is 11.3 Å². The maximum atomic E-state index is 12.9. The number of halogens is 3. The van der Waals surface area contributed by atoms with E-state index >= 15 is 0 Å². The van der Waals surface area contributed by atoms with Gasteiger partial charge in [0.2, 0.25) is 0 Å². The van der Waals surface area contributed by atoms with E-state index in [0.717, 1.165) is 12.6 Å². The average molecular weight is 313 g/mol. The van der Waals surface area contributed by atoms with Crippen molar-refractivity contribution in [2.45, 2.75) is 19.5 Å². The molecule has 118 valence electrons. The third-order valence-corrected chi connectivity index (χ3v) is 2.77. The van der Waals surface area contributed by atoms with Crippen molar-refractivity contribution in [3.63, 3.8) is 0 Å². The van der Waals surface area contributed by atoms with Gasteiger partial charge in [0.15, 0.2) is 0 Å². The second kappa shape index (κ2) is 6.46. The Kier molecular flexibility index (Phi) is 4.64. The van der Waals surface area contributed by atoms with Gasteiger partial charge in [-0.1, -0.05) is 6.92 Å². The van der Waals surface area contributed by atoms with Crippen LogP contribution in [0, 0.1) is 0 Å². The fourth-order valence-electron chi connectivity index (χ4n) is 1.77. The molecule has 2 amide bonds. The largest absolute Gasteiger partial charge is 0.420 e. The predicted molar refractivity (Wildman–Crippen MR) is 74.1 cm³/mol. The van der Waals surface area contributed by atoms with Crippen LogP contribution in [0.5, 0.6) is 0 Å². The monoisotopic (exact) mass is 313 g/mol. The quantitative estimate of drug-likeness (QED) is 0.811. The highest BCUT2D eigenvalue weighted by Gasteiger charge is 2.35. The van der Waals surface area contributed by atoms with Crippen molar-refractivity contribution in [1.29, 1.82) is 0 Å². The highest BCUT2D eigenvalue weighted by atomic mass is 19.4. The molecule has 2 heterocycles. The van der Waals surface area contributed by atoms with E-state index in [-0.39, 0.29) is 17.1 Å². The molecule has 2 aromatic rings. The Hall–Kier alpha value is -2.58. The van der Waals surface area contributed by atoms with E-state index in [9.17, 15) is 18.0 Å². The molecule has 3 N–H and O–H groups in total. The van der Waals surface area contributed by atoms with E-state index in [1.807, 2.05) is 6.92 Å². The van der Waals surface area contributed by atoms with Crippen LogP contribution in [0.4, 0.5) is 23.8 Å². The van der Waals surface area contributed by atoms with Gasteiger partial charge in [-0.25, -0.2) is 9.78 Å². The number of hydrogen-bond donors (Lipinski definition) is 3. The number of amides is 2. The standard InChI is InChI=1S/C13H14F3N5O/c1-2-4-18-12(22)20-10-6-8(3-5-17-10)11-9(7-19-21-11)13(14,15)16/h3,5-7H,2,4H2,1H3,(H,19,21)(H2,17,18,20,22). The Morgan fingerprint density at radius 3 is 2.86 bits per heavy atom. The van der Waals surface area contributed by atoms with Crippen LogP contribution in [0.2, 0.25) is 0 Å². The lowest BCUT2D eigenvalue weighted by Gasteiger charge is -2.09. The number of urea groups is 1. The molecule has 0 radical (unpaired) electrons. The molecule has 0 bridgehead atoms. The van der Waals surface area contributed by atoms with Gasteiger partial charge < -0.3 is 5.32 Å². The first kappa shape index (κ1) is 15.8. The van der Waals surface area contributed by atoms with Crippen LogP contribution in [-0.2, 0) is 6.18 Å². The first-order valence-electron chi connectivity index (χ1n) is 6.53. The topological polar surface area (TPSA) is 82.7 Å². The summed E-state index contributed by atoms with van der Waals surface area (Å²) in [7, 11) is 0. The van der Waals surface area contributed by atoms with E-state index in [1.165, 1.54) is 18.3 Å². The third kappa shape index (κ3) is 3.74. The molecule has 0 spiro atoms. The second-order valence-corrected chi connectivity index (χ2v) is 4.47. The summed E-state index contributed by atoms with van der Waals surface area (Å²) in [4.78, 5) is 15.4. The summed E-state index contributed by atoms with van der Waals surface area (Å²) in [6.07, 6.45) is -1.72. The van der Waals surface area contributed by atoms with Crippen molar-refractivity contribution in [2.24, 2.45) is 0 Å². The van der Waals surface area contributed by atoms with Crippen LogP contribution >= 0.6 is 0 Å². The van der Waals surface area contributed by atoms with Crippen LogP contribution in [-0.4, -0.2) is 27.8 Å². The molecule has 0 unspecified atom stereocenters. The number of alkyl halides is 3. The van der Waals surface area contributed by atoms with Gasteiger partial charge in [0.1, 0.15) is 11.4 Å². The Morgan fingerprint density at radius 2 is 2.18 bits per heavy atom. The van der Waals surface area contributed by atoms with E-state index in [4.69, 9.17) is 0 Å². The van der Waals surface area contributed by atoms with Gasteiger partial charge in [-0.2, -0.15) is 18.3 Å². The lowest BCUT2D eigenvalue weighted by molar-refractivity contribution is -0.137. The molecule has 0 aromatic carbocycles. The fraction of sp³-hybridized carbons (Fsp3) is 0.308. The average Bonchev–Trinajstić information content (AvgIpc) is 2.95. The van der Waals surface area contributed by atoms with E-state index in [1.54, 1.807) is 0 Å². The first-order chi connectivity index (χ1) is 10.4. The highest BCUT2D eigenvalue weighted by molar-refractivity contribution is 5.88. The van der Waals surface area contributed by atoms with Gasteiger partial charge in [0.25, 0.3) is 0 Å². The Labute approximate surface area is 124 Å². The minimum Gasteiger partial charge on any atom is -0.338 e. The second-order valence-electron chi connectivity index (χ2n) is 4.47. The number of aromatic amines is 1. The van der Waals surface area contributed by atoms with E-state index in [0.29, 0.717) is 6.54 Å². The molecule has 22 heavy (non-hydrogen) atoms. The van der Waals surface area contributed by atoms with Gasteiger partial charge >= 0.3 is 12.2 Å². The van der Waals surface area contributed by atoms with Gasteiger partial charge in [-0.05, 0) is 18.6 Å². The summed E-state index contributed by atoms with van der Waals surface area (Å²) in [6.45, 7) is 2.39. The SMILES string of the molecule is CCCNC(=O)Nc1cc(-c2[nH]ncc2C(F)(F)F)ccn1. The first-order valence-corrected chi connectivity index (χ1v) is 6.53. The molecule has 2 aromatic heterocycles. The minimum atomic E-state index is -4.52. The number of carbonyl (C=O) groups is 1. The number of carbonyl (C=O) groups excluding carboxylic acids is 1. The molecule has 0 aliphatic rings. The summed E-state index contributed by atoms with van der Waals surface area (Å²) >= 11 is 0. The van der Waals surface area contributed by atoms with Gasteiger partial charge in [0, 0.05) is 18.3 Å². The normalized spacial score (nSPS) is 11.3. The van der Waals surface area contributed by atoms with Crippen molar-refractivity contribution in [3.05, 3.63) is 30.1 Å². The third-order valence-electron chi connectivity index (χ3n) is 2.77. The summed E-state index contributed by atoms with van der Waals surface area (Å²) in [5, 5.41) is 10.8. The molecule has 0 aliphatic heterocycles. The van der Waals surface area contributed by atoms with E-state index in [2.05, 4.69) is 25.8 Å². The number of pyridine rings is 1. The minimum absolute atomic E-state index is 0.147. The van der Waals surface area contributed by atoms with Gasteiger partial charge in [-0.15, -0.1) is 0 Å². The van der Waals surface area contributed by atoms with Gasteiger partial charge in [0.05, 0.1) is 11.9 Å². The molecular formula is C13H14F3N5O. The Morgan fingerprint density at radius 1 is 1.41 bits per heavy atom. The number of aromatic nitrogens is 3. The molecule has 0 aliphatic carbocycles. The zero-order valence-corrected chi connectivity index (χ0v) is 11.7. The smallest absolute Gasteiger partial charge is 0.338 e. The molecular weight excluding hydrogens is 299 g/mol. The van der Waals surface area contributed by atoms with E-state index < -0.39 is 17.8 Å². The van der Waals surface area contributed by atoms with Crippen LogP contribution in [0.3, 0.4) is 0 Å². The number of rotatable bonds is 4. The Bertz CT molecular complexity index is 653. The molecule has 0 atom stereocenters. The number of H-pyrrole nitrogens is 1. The van der Waals surface area contributed by atoms with Gasteiger partial charge in [-0.3, -0.25) is 10.4 Å². The lowest BCUT2D eigenvalue weighted by Crippen LogP contribution is -2.29. The summed E-state index contributed by atoms with van der Waals surface area (Å²) in [5.74, 6) is 0.147. The summed E-state index contributed by atoms with van der Waals surface area (Å²) in [5.41, 5.74) is -0.822. The number of nitrogens with one attached hydrogen (secondary N) is 3. The maximum absolute atomic E-state index is 12.9. The molecule has 2 rings (SSSR count). The van der Waals surface area contributed by atoms with Crippen molar-refractivity contribution in [3.8, 4) is 11.3 Å². The van der Waals surface area contributed by atoms with Crippen molar-refractivity contribution in [2.75, 3.05) is 11.9 Å². The molecule has 0 fully saturated rings. The van der Waals surface area contributed by atoms with Crippen molar-refractivity contribution >= 4 is 11.8 Å². The fourth-order valence-corrected chi connectivity index (χ4v) is 1.77. The van der Waals surface area contributed by atoms with Crippen LogP contribution in [0.15, 0.2) is 24.5 Å². The highest BCUT2D eigenvalue weighted by Crippen LogP contribution is 2.35. The van der Waals surface area contributed by atoms with Crippen molar-refractivity contribution < 1.29 is 18.0 Å². The van der Waals surface area contributed by atoms with Crippen LogP contribution < -0.4 is 10.6 Å². The molecule has 0 saturated carbocycles. The zero-order valence-electron chi connectivity index (χ0n) is 11.7. The number of hydrogen-bond acceptors (Lipinski definition) is 3. The summed E-state index contributed by atoms with van der Waals surface area (Å²) in [6, 6.07) is 2.28. The van der Waals surface area contributed by atoms with Crippen molar-refractivity contribution in [1.82, 2.24) is 20.5 Å². The molecule has 9 heteroatoms. The molecule has 6 nitrogen and oxygen atoms in total. The zero-order chi connectivity index (χ0) is 16.2. The Balaban J connectivity index is 2.22. The number of anilines is 1. The predicted octanol–water partition coefficient (Wildman–Crippen LogP) is 3.02. The van der Waals surface area contributed by atoms with Crippen LogP contribution in [0.1, 0.15) is 18.9 Å². The lowest BCUT2D eigenvalue weighted by atomic mass is 10.1. The molecule has 0 saturated heterocycles. The summed E-state index contributed by atoms with van der Waals surface area (Å²) < 4.78 is 38.6.